The minimum absolute atomic E-state index is 0.0484. The molecule has 0 nitrogen and oxygen atoms in total. The van der Waals surface area contributed by atoms with E-state index in [1.807, 2.05) is 19.1 Å². The van der Waals surface area contributed by atoms with Crippen LogP contribution in [-0.2, 0) is 17.3 Å². The Morgan fingerprint density at radius 2 is 1.70 bits per heavy atom. The van der Waals surface area contributed by atoms with Crippen LogP contribution >= 0.6 is 10.5 Å². The maximum Gasteiger partial charge on any atom is 0.600 e. The average Bonchev–Trinajstić information content (AvgIpc) is 2.64. The maximum atomic E-state index is 13.3. The van der Waals surface area contributed by atoms with Crippen LogP contribution in [0, 0.1) is 0 Å². The molecule has 0 N–H and O–H groups in total. The summed E-state index contributed by atoms with van der Waals surface area (Å²) in [5.41, 5.74) is -3.14. The summed E-state index contributed by atoms with van der Waals surface area (Å²) >= 11 is 0. The van der Waals surface area contributed by atoms with Crippen molar-refractivity contribution in [1.29, 1.82) is 0 Å². The number of hydrogen-bond acceptors (Lipinski definition) is 0. The number of alkyl halides is 3. The van der Waals surface area contributed by atoms with Gasteiger partial charge in [0.2, 0.25) is 0 Å². The molecule has 20 heavy (non-hydrogen) atoms. The van der Waals surface area contributed by atoms with Crippen molar-refractivity contribution in [3.05, 3.63) is 34.7 Å². The molecule has 0 saturated carbocycles. The van der Waals surface area contributed by atoms with E-state index in [0.717, 1.165) is 17.4 Å². The molecule has 1 unspecified atom stereocenters. The van der Waals surface area contributed by atoms with E-state index < -0.39 is 16.0 Å². The summed E-state index contributed by atoms with van der Waals surface area (Å²) in [5, 5.41) is 0.751. The van der Waals surface area contributed by atoms with E-state index in [1.165, 1.54) is 0 Å². The van der Waals surface area contributed by atoms with Gasteiger partial charge in [0.1, 0.15) is 0 Å². The SMILES string of the molecule is CCCc1cc2cc(C(C)(C)C)ccc2[s+]1C(F)(F)F. The van der Waals surface area contributed by atoms with Gasteiger partial charge in [-0.1, -0.05) is 33.8 Å². The highest BCUT2D eigenvalue weighted by molar-refractivity contribution is 7.38. The third-order valence-corrected chi connectivity index (χ3v) is 5.52. The molecule has 0 aliphatic carbocycles. The summed E-state index contributed by atoms with van der Waals surface area (Å²) < 4.78 is 40.4. The maximum absolute atomic E-state index is 13.3. The van der Waals surface area contributed by atoms with Crippen LogP contribution < -0.4 is 0 Å². The summed E-state index contributed by atoms with van der Waals surface area (Å²) in [7, 11) is -1.73. The number of thiophene rings is 1. The number of halogens is 3. The predicted octanol–water partition coefficient (Wildman–Crippen LogP) is 6.32. The number of benzene rings is 1. The quantitative estimate of drug-likeness (QED) is 0.570. The molecular weight excluding hydrogens is 281 g/mol. The zero-order valence-electron chi connectivity index (χ0n) is 12.3. The molecule has 4 heteroatoms. The van der Waals surface area contributed by atoms with E-state index in [0.29, 0.717) is 16.0 Å². The Morgan fingerprint density at radius 1 is 1.05 bits per heavy atom. The van der Waals surface area contributed by atoms with Gasteiger partial charge in [0.15, 0.2) is 9.58 Å². The molecule has 1 aromatic heterocycles. The smallest absolute Gasteiger partial charge is 0.118 e. The fourth-order valence-corrected chi connectivity index (χ4v) is 4.42. The lowest BCUT2D eigenvalue weighted by atomic mass is 9.86. The Hall–Kier alpha value is -1.03. The highest BCUT2D eigenvalue weighted by Crippen LogP contribution is 2.51. The topological polar surface area (TPSA) is 0 Å². The van der Waals surface area contributed by atoms with Crippen molar-refractivity contribution in [2.75, 3.05) is 0 Å². The molecule has 1 atom stereocenters. The molecule has 0 aliphatic rings. The lowest BCUT2D eigenvalue weighted by molar-refractivity contribution is -0.0867. The van der Waals surface area contributed by atoms with Gasteiger partial charge in [-0.25, -0.2) is 0 Å². The normalized spacial score (nSPS) is 14.1. The van der Waals surface area contributed by atoms with Crippen molar-refractivity contribution in [1.82, 2.24) is 0 Å². The first-order valence-electron chi connectivity index (χ1n) is 6.81. The van der Waals surface area contributed by atoms with Crippen molar-refractivity contribution in [2.24, 2.45) is 0 Å². The zero-order chi connectivity index (χ0) is 15.1. The van der Waals surface area contributed by atoms with E-state index in [1.54, 1.807) is 12.1 Å². The third-order valence-electron chi connectivity index (χ3n) is 3.40. The minimum Gasteiger partial charge on any atom is -0.118 e. The summed E-state index contributed by atoms with van der Waals surface area (Å²) in [5.74, 6) is 0. The highest BCUT2D eigenvalue weighted by Gasteiger charge is 2.47. The molecule has 1 heterocycles. The van der Waals surface area contributed by atoms with Crippen LogP contribution in [0.2, 0.25) is 0 Å². The van der Waals surface area contributed by atoms with E-state index in [-0.39, 0.29) is 5.41 Å². The second-order valence-electron chi connectivity index (χ2n) is 6.12. The average molecular weight is 301 g/mol. The molecule has 0 bridgehead atoms. The third kappa shape index (κ3) is 2.85. The van der Waals surface area contributed by atoms with Gasteiger partial charge in [0.05, 0.1) is 10.5 Å². The van der Waals surface area contributed by atoms with Crippen LogP contribution in [0.5, 0.6) is 0 Å². The predicted molar refractivity (Wildman–Crippen MR) is 80.4 cm³/mol. The fourth-order valence-electron chi connectivity index (χ4n) is 2.38. The highest BCUT2D eigenvalue weighted by atomic mass is 32.2. The number of hydrogen-bond donors (Lipinski definition) is 0. The summed E-state index contributed by atoms with van der Waals surface area (Å²) in [6.07, 6.45) is 1.26. The van der Waals surface area contributed by atoms with Crippen LogP contribution in [0.25, 0.3) is 10.1 Å². The Balaban J connectivity index is 2.68. The first kappa shape index (κ1) is 15.4. The van der Waals surface area contributed by atoms with Gasteiger partial charge < -0.3 is 0 Å². The van der Waals surface area contributed by atoms with Gasteiger partial charge in [-0.15, -0.1) is 13.2 Å². The molecule has 2 aromatic rings. The van der Waals surface area contributed by atoms with Crippen LogP contribution in [0.3, 0.4) is 0 Å². The lowest BCUT2D eigenvalue weighted by Crippen LogP contribution is -2.10. The van der Waals surface area contributed by atoms with Gasteiger partial charge in [-0.3, -0.25) is 0 Å². The molecule has 110 valence electrons. The standard InChI is InChI=1S/C16H20F3S/c1-5-6-13-10-11-9-12(15(2,3)4)7-8-14(11)20(13)16(17,18)19/h7-10H,5-6H2,1-4H3/q+1. The van der Waals surface area contributed by atoms with Gasteiger partial charge >= 0.3 is 5.51 Å². The Morgan fingerprint density at radius 3 is 2.20 bits per heavy atom. The molecule has 1 aromatic carbocycles. The molecular formula is C16H20F3S+. The van der Waals surface area contributed by atoms with Gasteiger partial charge in [0, 0.05) is 17.9 Å². The van der Waals surface area contributed by atoms with Crippen molar-refractivity contribution >= 4 is 20.6 Å². The Bertz CT molecular complexity index is 615. The molecule has 0 saturated heterocycles. The van der Waals surface area contributed by atoms with Crippen molar-refractivity contribution < 1.29 is 13.2 Å². The molecule has 2 rings (SSSR count). The Kier molecular flexibility index (Phi) is 3.89. The summed E-state index contributed by atoms with van der Waals surface area (Å²) in [6, 6.07) is 7.19. The second-order valence-corrected chi connectivity index (χ2v) is 8.15. The molecule has 0 fully saturated rings. The van der Waals surface area contributed by atoms with Crippen molar-refractivity contribution in [3.8, 4) is 0 Å². The van der Waals surface area contributed by atoms with Gasteiger partial charge in [-0.2, -0.15) is 0 Å². The van der Waals surface area contributed by atoms with Crippen LogP contribution in [-0.4, -0.2) is 0 Å². The van der Waals surface area contributed by atoms with Crippen LogP contribution in [0.4, 0.5) is 13.2 Å². The van der Waals surface area contributed by atoms with E-state index >= 15 is 0 Å². The second kappa shape index (κ2) is 5.06. The van der Waals surface area contributed by atoms with Crippen molar-refractivity contribution in [2.45, 2.75) is 51.5 Å². The number of rotatable bonds is 2. The van der Waals surface area contributed by atoms with Gasteiger partial charge in [-0.05, 0) is 29.5 Å². The van der Waals surface area contributed by atoms with Crippen molar-refractivity contribution in [3.63, 3.8) is 0 Å². The Labute approximate surface area is 120 Å². The molecule has 0 aliphatic heterocycles. The summed E-state index contributed by atoms with van der Waals surface area (Å²) in [4.78, 5) is 0.529. The molecule has 0 radical (unpaired) electrons. The first-order valence-corrected chi connectivity index (χ1v) is 8.03. The number of fused-ring (bicyclic) bond motifs is 1. The fraction of sp³-hybridized carbons (Fsp3) is 0.500. The summed E-state index contributed by atoms with van der Waals surface area (Å²) in [6.45, 7) is 8.14. The lowest BCUT2D eigenvalue weighted by Gasteiger charge is -2.18. The van der Waals surface area contributed by atoms with E-state index in [4.69, 9.17) is 0 Å². The van der Waals surface area contributed by atoms with E-state index in [2.05, 4.69) is 20.8 Å². The van der Waals surface area contributed by atoms with Crippen LogP contribution in [0.15, 0.2) is 24.3 Å². The molecule has 0 amide bonds. The minimum atomic E-state index is -4.17. The zero-order valence-corrected chi connectivity index (χ0v) is 13.1. The monoisotopic (exact) mass is 301 g/mol. The first-order chi connectivity index (χ1) is 9.14. The molecule has 0 spiro atoms. The number of aryl methyl sites for hydroxylation is 1. The van der Waals surface area contributed by atoms with Crippen LogP contribution in [0.1, 0.15) is 44.6 Å². The van der Waals surface area contributed by atoms with Gasteiger partial charge in [0.25, 0.3) is 0 Å². The van der Waals surface area contributed by atoms with E-state index in [9.17, 15) is 13.2 Å². The largest absolute Gasteiger partial charge is 0.600 e.